The average Bonchev–Trinajstić information content (AvgIpc) is 3.08. The maximum Gasteiger partial charge on any atom is 0.243 e. The van der Waals surface area contributed by atoms with Crippen LogP contribution in [0.25, 0.3) is 0 Å². The molecule has 0 saturated carbocycles. The minimum Gasteiger partial charge on any atom is -0.399 e. The Morgan fingerprint density at radius 2 is 1.96 bits per heavy atom. The summed E-state index contributed by atoms with van der Waals surface area (Å²) >= 11 is 1.66. The highest BCUT2D eigenvalue weighted by molar-refractivity contribution is 7.89. The number of nitrogens with zero attached hydrogens (tertiary/aromatic N) is 3. The molecule has 6 nitrogen and oxygen atoms in total. The molecule has 0 radical (unpaired) electrons. The molecule has 0 atom stereocenters. The van der Waals surface area contributed by atoms with Crippen LogP contribution in [-0.4, -0.2) is 48.8 Å². The van der Waals surface area contributed by atoms with Crippen molar-refractivity contribution < 1.29 is 8.42 Å². The van der Waals surface area contributed by atoms with Crippen LogP contribution in [0.4, 0.5) is 5.69 Å². The van der Waals surface area contributed by atoms with E-state index in [1.807, 2.05) is 11.6 Å². The summed E-state index contributed by atoms with van der Waals surface area (Å²) in [7, 11) is -1.80. The zero-order chi connectivity index (χ0) is 17.2. The van der Waals surface area contributed by atoms with Crippen molar-refractivity contribution in [2.75, 3.05) is 25.9 Å². The molecule has 1 saturated heterocycles. The van der Waals surface area contributed by atoms with Gasteiger partial charge >= 0.3 is 0 Å². The van der Waals surface area contributed by atoms with Gasteiger partial charge in [0.2, 0.25) is 10.0 Å². The van der Waals surface area contributed by atoms with Crippen LogP contribution < -0.4 is 5.73 Å². The van der Waals surface area contributed by atoms with E-state index in [2.05, 4.69) is 9.88 Å². The molecular weight excluding hydrogens is 344 g/mol. The summed E-state index contributed by atoms with van der Waals surface area (Å²) in [6.45, 7) is 2.61. The number of hydrogen-bond acceptors (Lipinski definition) is 6. The number of nitrogen functional groups attached to an aromatic ring is 1. The van der Waals surface area contributed by atoms with Gasteiger partial charge in [-0.25, -0.2) is 13.4 Å². The second-order valence-corrected chi connectivity index (χ2v) is 9.00. The van der Waals surface area contributed by atoms with Crippen LogP contribution >= 0.6 is 11.3 Å². The molecule has 2 aromatic rings. The van der Waals surface area contributed by atoms with Crippen LogP contribution in [0.5, 0.6) is 0 Å². The van der Waals surface area contributed by atoms with E-state index in [-0.39, 0.29) is 6.04 Å². The van der Waals surface area contributed by atoms with Crippen LogP contribution in [0.15, 0.2) is 40.7 Å². The molecule has 1 aliphatic rings. The van der Waals surface area contributed by atoms with Crippen LogP contribution in [0, 0.1) is 0 Å². The largest absolute Gasteiger partial charge is 0.399 e. The third kappa shape index (κ3) is 3.77. The Hall–Kier alpha value is -1.48. The quantitative estimate of drug-likeness (QED) is 0.819. The first-order valence-electron chi connectivity index (χ1n) is 7.91. The van der Waals surface area contributed by atoms with E-state index in [4.69, 9.17) is 5.73 Å². The van der Waals surface area contributed by atoms with Crippen molar-refractivity contribution in [1.29, 1.82) is 0 Å². The van der Waals surface area contributed by atoms with Gasteiger partial charge in [-0.3, -0.25) is 4.90 Å². The van der Waals surface area contributed by atoms with Gasteiger partial charge in [-0.2, -0.15) is 4.31 Å². The lowest BCUT2D eigenvalue weighted by atomic mass is 10.1. The van der Waals surface area contributed by atoms with Gasteiger partial charge in [0.15, 0.2) is 0 Å². The Morgan fingerprint density at radius 3 is 2.54 bits per heavy atom. The molecule has 0 spiro atoms. The minimum atomic E-state index is -3.47. The van der Waals surface area contributed by atoms with Crippen molar-refractivity contribution in [3.63, 3.8) is 0 Å². The molecule has 0 amide bonds. The summed E-state index contributed by atoms with van der Waals surface area (Å²) in [6.07, 6.45) is 3.48. The predicted molar refractivity (Wildman–Crippen MR) is 96.2 cm³/mol. The highest BCUT2D eigenvalue weighted by Crippen LogP contribution is 2.24. The van der Waals surface area contributed by atoms with Crippen molar-refractivity contribution >= 4 is 27.0 Å². The number of hydrogen-bond donors (Lipinski definition) is 1. The molecule has 2 N–H and O–H groups in total. The third-order valence-electron chi connectivity index (χ3n) is 4.47. The average molecular weight is 367 g/mol. The van der Waals surface area contributed by atoms with Crippen LogP contribution in [0.2, 0.25) is 0 Å². The number of piperidine rings is 1. The Labute approximate surface area is 147 Å². The van der Waals surface area contributed by atoms with E-state index in [1.165, 1.54) is 4.31 Å². The summed E-state index contributed by atoms with van der Waals surface area (Å²) in [5, 5.41) is 3.09. The van der Waals surface area contributed by atoms with Gasteiger partial charge in [-0.05, 0) is 37.1 Å². The molecule has 0 aliphatic carbocycles. The van der Waals surface area contributed by atoms with Crippen molar-refractivity contribution in [3.05, 3.63) is 40.8 Å². The van der Waals surface area contributed by atoms with E-state index in [0.717, 1.165) is 37.5 Å². The van der Waals surface area contributed by atoms with E-state index in [9.17, 15) is 8.42 Å². The fraction of sp³-hybridized carbons (Fsp3) is 0.438. The smallest absolute Gasteiger partial charge is 0.243 e. The first-order chi connectivity index (χ1) is 11.5. The van der Waals surface area contributed by atoms with Gasteiger partial charge < -0.3 is 5.73 Å². The lowest BCUT2D eigenvalue weighted by Gasteiger charge is -2.35. The van der Waals surface area contributed by atoms with Gasteiger partial charge in [-0.15, -0.1) is 11.3 Å². The maximum atomic E-state index is 12.7. The number of thiazole rings is 1. The summed E-state index contributed by atoms with van der Waals surface area (Å²) in [5.74, 6) is 0. The minimum absolute atomic E-state index is 0.0279. The van der Waals surface area contributed by atoms with Gasteiger partial charge in [0, 0.05) is 43.4 Å². The molecule has 2 heterocycles. The Morgan fingerprint density at radius 1 is 1.29 bits per heavy atom. The molecule has 1 aromatic carbocycles. The normalized spacial score (nSPS) is 17.4. The number of aromatic nitrogens is 1. The molecular formula is C16H22N4O2S2. The maximum absolute atomic E-state index is 12.7. The highest BCUT2D eigenvalue weighted by atomic mass is 32.2. The summed E-state index contributed by atoms with van der Waals surface area (Å²) in [4.78, 5) is 6.94. The first-order valence-corrected chi connectivity index (χ1v) is 10.2. The summed E-state index contributed by atoms with van der Waals surface area (Å²) in [6, 6.07) is 6.41. The third-order valence-corrected chi connectivity index (χ3v) is 7.16. The second kappa shape index (κ2) is 7.18. The molecule has 130 valence electrons. The molecule has 1 fully saturated rings. The van der Waals surface area contributed by atoms with Crippen LogP contribution in [0.1, 0.15) is 17.8 Å². The second-order valence-electron chi connectivity index (χ2n) is 6.02. The summed E-state index contributed by atoms with van der Waals surface area (Å²) < 4.78 is 27.0. The lowest BCUT2D eigenvalue weighted by molar-refractivity contribution is 0.163. The first kappa shape index (κ1) is 17.3. The number of benzene rings is 1. The van der Waals surface area contributed by atoms with Crippen molar-refractivity contribution in [2.45, 2.75) is 30.3 Å². The number of nitrogens with two attached hydrogens (primary N) is 1. The Bertz CT molecular complexity index is 752. The van der Waals surface area contributed by atoms with E-state index in [1.54, 1.807) is 42.6 Å². The molecule has 0 unspecified atom stereocenters. The van der Waals surface area contributed by atoms with Crippen molar-refractivity contribution in [3.8, 4) is 0 Å². The fourth-order valence-electron chi connectivity index (χ4n) is 2.97. The predicted octanol–water partition coefficient (Wildman–Crippen LogP) is 2.01. The van der Waals surface area contributed by atoms with E-state index >= 15 is 0 Å². The zero-order valence-corrected chi connectivity index (χ0v) is 15.3. The number of likely N-dealkylation sites (tertiary alicyclic amines) is 1. The highest BCUT2D eigenvalue weighted by Gasteiger charge is 2.30. The van der Waals surface area contributed by atoms with E-state index in [0.29, 0.717) is 10.6 Å². The van der Waals surface area contributed by atoms with Gasteiger partial charge in [0.25, 0.3) is 0 Å². The van der Waals surface area contributed by atoms with Crippen molar-refractivity contribution in [1.82, 2.24) is 14.2 Å². The van der Waals surface area contributed by atoms with Gasteiger partial charge in [-0.1, -0.05) is 0 Å². The SMILES string of the molecule is CN(C1CCN(Cc2nccs2)CC1)S(=O)(=O)c1ccc(N)cc1. The van der Waals surface area contributed by atoms with Crippen LogP contribution in [0.3, 0.4) is 0 Å². The molecule has 0 bridgehead atoms. The molecule has 1 aliphatic heterocycles. The standard InChI is InChI=1S/C16H22N4O2S2/c1-19(24(21,22)15-4-2-13(17)3-5-15)14-6-9-20(10-7-14)12-16-18-8-11-23-16/h2-5,8,11,14H,6-7,9-10,12,17H2,1H3. The number of rotatable bonds is 5. The fourth-order valence-corrected chi connectivity index (χ4v) is 5.04. The number of anilines is 1. The lowest BCUT2D eigenvalue weighted by Crippen LogP contribution is -2.45. The molecule has 24 heavy (non-hydrogen) atoms. The topological polar surface area (TPSA) is 79.5 Å². The zero-order valence-electron chi connectivity index (χ0n) is 13.6. The Balaban J connectivity index is 1.62. The molecule has 8 heteroatoms. The van der Waals surface area contributed by atoms with Gasteiger partial charge in [0.05, 0.1) is 11.4 Å². The Kier molecular flexibility index (Phi) is 5.19. The van der Waals surface area contributed by atoms with Gasteiger partial charge in [0.1, 0.15) is 5.01 Å². The molecule has 3 rings (SSSR count). The molecule has 1 aromatic heterocycles. The van der Waals surface area contributed by atoms with Crippen molar-refractivity contribution in [2.24, 2.45) is 0 Å². The summed E-state index contributed by atoms with van der Waals surface area (Å²) in [5.41, 5.74) is 6.20. The van der Waals surface area contributed by atoms with E-state index < -0.39 is 10.0 Å². The monoisotopic (exact) mass is 366 g/mol. The number of sulfonamides is 1. The van der Waals surface area contributed by atoms with Crippen LogP contribution in [-0.2, 0) is 16.6 Å².